The van der Waals surface area contributed by atoms with Gasteiger partial charge in [0.25, 0.3) is 0 Å². The van der Waals surface area contributed by atoms with Crippen molar-refractivity contribution in [2.45, 2.75) is 90.1 Å². The quantitative estimate of drug-likeness (QED) is 0.600. The summed E-state index contributed by atoms with van der Waals surface area (Å²) in [5, 5.41) is 13.2. The van der Waals surface area contributed by atoms with Crippen molar-refractivity contribution in [2.75, 3.05) is 0 Å². The minimum atomic E-state index is 0.00574. The van der Waals surface area contributed by atoms with Crippen molar-refractivity contribution >= 4 is 11.7 Å². The molecule has 1 aromatic rings. The van der Waals surface area contributed by atoms with E-state index in [0.29, 0.717) is 12.1 Å². The molecule has 0 radical (unpaired) electrons. The van der Waals surface area contributed by atoms with Gasteiger partial charge in [-0.2, -0.15) is 0 Å². The lowest BCUT2D eigenvalue weighted by Gasteiger charge is -2.45. The van der Waals surface area contributed by atoms with Crippen molar-refractivity contribution in [2.24, 2.45) is 4.99 Å². The summed E-state index contributed by atoms with van der Waals surface area (Å²) in [4.78, 5) is 6.78. The number of benzene rings is 1. The Morgan fingerprint density at radius 3 is 1.79 bits per heavy atom. The van der Waals surface area contributed by atoms with Gasteiger partial charge < -0.3 is 10.0 Å². The molecule has 1 aromatic carbocycles. The highest BCUT2D eigenvalue weighted by Crippen LogP contribution is 2.31. The molecule has 2 fully saturated rings. The number of aliphatic imine (C=N–C) groups is 1. The summed E-state index contributed by atoms with van der Waals surface area (Å²) in [5.41, 5.74) is 3.06. The van der Waals surface area contributed by atoms with Crippen LogP contribution in [0.1, 0.15) is 75.3 Å². The molecule has 3 heteroatoms. The monoisotopic (exact) mass is 327 g/mol. The van der Waals surface area contributed by atoms with Gasteiger partial charge in [0.2, 0.25) is 0 Å². The third-order valence-electron chi connectivity index (χ3n) is 5.80. The van der Waals surface area contributed by atoms with E-state index in [4.69, 9.17) is 0 Å². The molecule has 132 valence electrons. The van der Waals surface area contributed by atoms with E-state index in [1.165, 1.54) is 38.5 Å². The van der Waals surface area contributed by atoms with Gasteiger partial charge in [-0.1, -0.05) is 56.7 Å². The highest BCUT2D eigenvalue weighted by Gasteiger charge is 2.28. The fourth-order valence-electron chi connectivity index (χ4n) is 4.46. The molecular weight excluding hydrogens is 296 g/mol. The standard InChI is InChI=1S/C21H32N2O/c1-16-10-9-11-17(2)20(16)22-21(24)23(18-12-5-3-6-13-18)19-14-7-4-8-15-19/h9-11,18-19H,3-8,12-15H2,1-2H3,(H,22,24)/p-1. The first kappa shape index (κ1) is 17.3. The van der Waals surface area contributed by atoms with Gasteiger partial charge in [0.1, 0.15) is 0 Å². The van der Waals surface area contributed by atoms with Gasteiger partial charge in [0.15, 0.2) is 0 Å². The van der Waals surface area contributed by atoms with Gasteiger partial charge in [-0.05, 0) is 50.7 Å². The van der Waals surface area contributed by atoms with Gasteiger partial charge in [-0.3, -0.25) is 0 Å². The van der Waals surface area contributed by atoms with E-state index in [1.807, 2.05) is 32.0 Å². The molecule has 0 aromatic heterocycles. The zero-order chi connectivity index (χ0) is 16.9. The Morgan fingerprint density at radius 1 is 0.875 bits per heavy atom. The molecule has 2 aliphatic carbocycles. The van der Waals surface area contributed by atoms with E-state index in [2.05, 4.69) is 9.89 Å². The molecule has 0 amide bonds. The van der Waals surface area contributed by atoms with Crippen molar-refractivity contribution in [1.29, 1.82) is 0 Å². The predicted molar refractivity (Wildman–Crippen MR) is 98.6 cm³/mol. The van der Waals surface area contributed by atoms with E-state index < -0.39 is 0 Å². The molecule has 2 saturated carbocycles. The predicted octanol–water partition coefficient (Wildman–Crippen LogP) is 4.62. The molecule has 0 atom stereocenters. The number of amidine groups is 1. The molecule has 3 rings (SSSR count). The topological polar surface area (TPSA) is 38.7 Å². The van der Waals surface area contributed by atoms with Gasteiger partial charge >= 0.3 is 0 Å². The number of hydrogen-bond acceptors (Lipinski definition) is 2. The van der Waals surface area contributed by atoms with Gasteiger partial charge in [0.05, 0.1) is 11.7 Å². The lowest BCUT2D eigenvalue weighted by atomic mass is 9.89. The fourth-order valence-corrected chi connectivity index (χ4v) is 4.46. The third kappa shape index (κ3) is 3.93. The molecule has 2 aliphatic rings. The van der Waals surface area contributed by atoms with Crippen LogP contribution in [0.5, 0.6) is 0 Å². The molecule has 0 saturated heterocycles. The zero-order valence-electron chi connectivity index (χ0n) is 15.3. The molecule has 0 bridgehead atoms. The summed E-state index contributed by atoms with van der Waals surface area (Å²) >= 11 is 0. The number of aryl methyl sites for hydroxylation is 2. The normalized spacial score (nSPS) is 21.0. The van der Waals surface area contributed by atoms with Crippen LogP contribution in [-0.4, -0.2) is 23.0 Å². The molecule has 0 heterocycles. The maximum Gasteiger partial charge on any atom is 0.0698 e. The van der Waals surface area contributed by atoms with Gasteiger partial charge in [-0.25, -0.2) is 4.99 Å². The molecule has 0 aliphatic heterocycles. The summed E-state index contributed by atoms with van der Waals surface area (Å²) in [6.45, 7) is 4.09. The third-order valence-corrected chi connectivity index (χ3v) is 5.80. The first-order valence-electron chi connectivity index (χ1n) is 9.77. The first-order chi connectivity index (χ1) is 11.7. The first-order valence-corrected chi connectivity index (χ1v) is 9.77. The van der Waals surface area contributed by atoms with E-state index in [9.17, 15) is 5.11 Å². The summed E-state index contributed by atoms with van der Waals surface area (Å²) in [6.07, 6.45) is 12.3. The van der Waals surface area contributed by atoms with Crippen molar-refractivity contribution in [3.63, 3.8) is 0 Å². The summed E-state index contributed by atoms with van der Waals surface area (Å²) < 4.78 is 0. The van der Waals surface area contributed by atoms with E-state index >= 15 is 0 Å². The van der Waals surface area contributed by atoms with Gasteiger partial charge in [-0.15, -0.1) is 0 Å². The maximum atomic E-state index is 13.2. The minimum Gasteiger partial charge on any atom is -0.846 e. The highest BCUT2D eigenvalue weighted by atomic mass is 16.3. The van der Waals surface area contributed by atoms with Crippen LogP contribution in [-0.2, 0) is 0 Å². The minimum absolute atomic E-state index is 0.00574. The number of rotatable bonds is 3. The van der Waals surface area contributed by atoms with Crippen molar-refractivity contribution < 1.29 is 5.11 Å². The smallest absolute Gasteiger partial charge is 0.0698 e. The second kappa shape index (κ2) is 8.04. The molecule has 0 N–H and O–H groups in total. The Hall–Kier alpha value is -1.51. The van der Waals surface area contributed by atoms with Crippen LogP contribution in [0.4, 0.5) is 5.69 Å². The van der Waals surface area contributed by atoms with Crippen LogP contribution in [0.15, 0.2) is 23.2 Å². The lowest BCUT2D eigenvalue weighted by molar-refractivity contribution is -0.241. The van der Waals surface area contributed by atoms with E-state index in [1.54, 1.807) is 0 Å². The van der Waals surface area contributed by atoms with Crippen LogP contribution < -0.4 is 5.11 Å². The Balaban J connectivity index is 1.89. The Morgan fingerprint density at radius 2 is 1.33 bits per heavy atom. The summed E-state index contributed by atoms with van der Waals surface area (Å²) in [7, 11) is 0. The van der Waals surface area contributed by atoms with Crippen LogP contribution in [0.3, 0.4) is 0 Å². The van der Waals surface area contributed by atoms with Crippen molar-refractivity contribution in [1.82, 2.24) is 4.90 Å². The summed E-state index contributed by atoms with van der Waals surface area (Å²) in [6, 6.07) is 6.94. The molecule has 0 spiro atoms. The Kier molecular flexibility index (Phi) is 5.80. The van der Waals surface area contributed by atoms with E-state index in [-0.39, 0.29) is 6.02 Å². The average molecular weight is 327 g/mol. The Bertz CT molecular complexity index is 531. The Labute approximate surface area is 146 Å². The lowest BCUT2D eigenvalue weighted by Crippen LogP contribution is -2.53. The van der Waals surface area contributed by atoms with Crippen LogP contribution in [0.25, 0.3) is 0 Å². The van der Waals surface area contributed by atoms with Crippen LogP contribution >= 0.6 is 0 Å². The maximum absolute atomic E-state index is 13.2. The van der Waals surface area contributed by atoms with Crippen LogP contribution in [0, 0.1) is 13.8 Å². The van der Waals surface area contributed by atoms with E-state index in [0.717, 1.165) is 42.5 Å². The second-order valence-electron chi connectivity index (χ2n) is 7.63. The largest absolute Gasteiger partial charge is 0.846 e. The van der Waals surface area contributed by atoms with Gasteiger partial charge in [0, 0.05) is 12.1 Å². The highest BCUT2D eigenvalue weighted by molar-refractivity contribution is 5.75. The summed E-state index contributed by atoms with van der Waals surface area (Å²) in [5.74, 6) is 0. The number of hydrogen-bond donors (Lipinski definition) is 0. The van der Waals surface area contributed by atoms with Crippen LogP contribution in [0.2, 0.25) is 0 Å². The SMILES string of the molecule is Cc1cccc(C)c1N=C([O-])N(C1CCCCC1)C1CCCCC1. The molecular formula is C21H31N2O-. The second-order valence-corrected chi connectivity index (χ2v) is 7.63. The van der Waals surface area contributed by atoms with Crippen molar-refractivity contribution in [3.8, 4) is 0 Å². The number of para-hydroxylation sites is 1. The van der Waals surface area contributed by atoms with Crippen molar-refractivity contribution in [3.05, 3.63) is 29.3 Å². The molecule has 0 unspecified atom stereocenters. The number of nitrogens with zero attached hydrogens (tertiary/aromatic N) is 2. The molecule has 24 heavy (non-hydrogen) atoms. The zero-order valence-corrected chi connectivity index (χ0v) is 15.3. The fraction of sp³-hybridized carbons (Fsp3) is 0.667. The molecule has 3 nitrogen and oxygen atoms in total. The average Bonchev–Trinajstić information content (AvgIpc) is 2.60.